The second kappa shape index (κ2) is 3.96. The third-order valence-corrected chi connectivity index (χ3v) is 1.47. The van der Waals surface area contributed by atoms with Crippen molar-refractivity contribution in [2.45, 2.75) is 13.8 Å². The van der Waals surface area contributed by atoms with Crippen LogP contribution in [0, 0.1) is 6.92 Å². The monoisotopic (exact) mass is 162 g/mol. The minimum Gasteiger partial charge on any atom is -0.489 e. The van der Waals surface area contributed by atoms with Gasteiger partial charge in [-0.25, -0.2) is 0 Å². The van der Waals surface area contributed by atoms with E-state index in [2.05, 4.69) is 6.58 Å². The van der Waals surface area contributed by atoms with Crippen molar-refractivity contribution in [3.63, 3.8) is 0 Å². The van der Waals surface area contributed by atoms with Crippen LogP contribution in [0.1, 0.15) is 12.5 Å². The molecule has 0 N–H and O–H groups in total. The first-order valence-electron chi connectivity index (χ1n) is 4.02. The topological polar surface area (TPSA) is 9.23 Å². The Balaban J connectivity index is 2.57. The summed E-state index contributed by atoms with van der Waals surface area (Å²) < 4.78 is 5.45. The Morgan fingerprint density at radius 3 is 2.83 bits per heavy atom. The molecule has 0 aromatic heterocycles. The maximum atomic E-state index is 5.45. The highest BCUT2D eigenvalue weighted by Crippen LogP contribution is 2.12. The van der Waals surface area contributed by atoms with Crippen LogP contribution in [0.25, 0.3) is 0 Å². The highest BCUT2D eigenvalue weighted by molar-refractivity contribution is 5.27. The Morgan fingerprint density at radius 2 is 2.25 bits per heavy atom. The smallest absolute Gasteiger partial charge is 0.120 e. The number of hydrogen-bond donors (Lipinski definition) is 0. The maximum Gasteiger partial charge on any atom is 0.120 e. The molecule has 0 bridgehead atoms. The van der Waals surface area contributed by atoms with Gasteiger partial charge in [-0.15, -0.1) is 0 Å². The van der Waals surface area contributed by atoms with Gasteiger partial charge in [-0.05, 0) is 37.1 Å². The quantitative estimate of drug-likeness (QED) is 0.621. The van der Waals surface area contributed by atoms with Gasteiger partial charge in [0.2, 0.25) is 0 Å². The molecule has 0 aliphatic heterocycles. The summed E-state index contributed by atoms with van der Waals surface area (Å²) in [6.07, 6.45) is 0. The van der Waals surface area contributed by atoms with Crippen LogP contribution in [0.4, 0.5) is 0 Å². The molecule has 1 heteroatoms. The molecule has 64 valence electrons. The van der Waals surface area contributed by atoms with E-state index in [0.29, 0.717) is 6.61 Å². The van der Waals surface area contributed by atoms with Gasteiger partial charge in [0.1, 0.15) is 12.4 Å². The molecule has 0 radical (unpaired) electrons. The lowest BCUT2D eigenvalue weighted by Crippen LogP contribution is -1.97. The van der Waals surface area contributed by atoms with Crippen LogP contribution < -0.4 is 4.74 Å². The molecule has 0 aliphatic carbocycles. The second-order valence-corrected chi connectivity index (χ2v) is 3.06. The first kappa shape index (κ1) is 8.85. The van der Waals surface area contributed by atoms with Crippen molar-refractivity contribution in [1.82, 2.24) is 0 Å². The van der Waals surface area contributed by atoms with Crippen molar-refractivity contribution in [3.8, 4) is 5.75 Å². The van der Waals surface area contributed by atoms with Gasteiger partial charge in [0.25, 0.3) is 0 Å². The summed E-state index contributed by atoms with van der Waals surface area (Å²) in [5.41, 5.74) is 2.26. The van der Waals surface area contributed by atoms with Gasteiger partial charge in [0.05, 0.1) is 0 Å². The van der Waals surface area contributed by atoms with E-state index in [4.69, 9.17) is 4.74 Å². The lowest BCUT2D eigenvalue weighted by atomic mass is 10.2. The molecule has 1 rings (SSSR count). The first-order valence-corrected chi connectivity index (χ1v) is 4.02. The molecular weight excluding hydrogens is 148 g/mol. The minimum atomic E-state index is 0.601. The average molecular weight is 162 g/mol. The van der Waals surface area contributed by atoms with Crippen LogP contribution in [0.2, 0.25) is 0 Å². The van der Waals surface area contributed by atoms with Gasteiger partial charge in [0.15, 0.2) is 0 Å². The fraction of sp³-hybridized carbons (Fsp3) is 0.273. The van der Waals surface area contributed by atoms with E-state index < -0.39 is 0 Å². The zero-order valence-electron chi connectivity index (χ0n) is 7.63. The van der Waals surface area contributed by atoms with Crippen LogP contribution in [-0.4, -0.2) is 6.61 Å². The molecule has 0 heterocycles. The first-order chi connectivity index (χ1) is 5.68. The molecule has 1 nitrogen and oxygen atoms in total. The molecule has 0 aliphatic rings. The molecule has 0 unspecified atom stereocenters. The molecule has 0 spiro atoms. The molecule has 1 aromatic carbocycles. The highest BCUT2D eigenvalue weighted by atomic mass is 16.5. The van der Waals surface area contributed by atoms with E-state index in [1.54, 1.807) is 0 Å². The van der Waals surface area contributed by atoms with E-state index in [-0.39, 0.29) is 0 Å². The second-order valence-electron chi connectivity index (χ2n) is 3.06. The van der Waals surface area contributed by atoms with Crippen LogP contribution in [0.15, 0.2) is 36.4 Å². The fourth-order valence-corrected chi connectivity index (χ4v) is 0.912. The Hall–Kier alpha value is -1.24. The summed E-state index contributed by atoms with van der Waals surface area (Å²) in [5.74, 6) is 0.915. The van der Waals surface area contributed by atoms with Crippen molar-refractivity contribution in [2.75, 3.05) is 6.61 Å². The molecule has 1 aromatic rings. The zero-order valence-corrected chi connectivity index (χ0v) is 7.63. The van der Waals surface area contributed by atoms with E-state index >= 15 is 0 Å². The molecular formula is C11H14O. The number of hydrogen-bond acceptors (Lipinski definition) is 1. The lowest BCUT2D eigenvalue weighted by molar-refractivity contribution is 0.352. The lowest BCUT2D eigenvalue weighted by Gasteiger charge is -2.05. The normalized spacial score (nSPS) is 9.50. The van der Waals surface area contributed by atoms with Crippen LogP contribution in [0.5, 0.6) is 5.75 Å². The van der Waals surface area contributed by atoms with Gasteiger partial charge in [0, 0.05) is 0 Å². The van der Waals surface area contributed by atoms with E-state index in [1.165, 1.54) is 5.56 Å². The van der Waals surface area contributed by atoms with Crippen molar-refractivity contribution in [2.24, 2.45) is 0 Å². The van der Waals surface area contributed by atoms with E-state index in [0.717, 1.165) is 11.3 Å². The Kier molecular flexibility index (Phi) is 2.92. The SMILES string of the molecule is C=C(C)COc1cccc(C)c1. The summed E-state index contributed by atoms with van der Waals surface area (Å²) in [6, 6.07) is 8.01. The van der Waals surface area contributed by atoms with Gasteiger partial charge in [-0.2, -0.15) is 0 Å². The number of ether oxygens (including phenoxy) is 1. The summed E-state index contributed by atoms with van der Waals surface area (Å²) in [7, 11) is 0. The summed E-state index contributed by atoms with van der Waals surface area (Å²) in [6.45, 7) is 8.37. The van der Waals surface area contributed by atoms with E-state index in [9.17, 15) is 0 Å². The maximum absolute atomic E-state index is 5.45. The minimum absolute atomic E-state index is 0.601. The molecule has 0 saturated carbocycles. The van der Waals surface area contributed by atoms with Crippen LogP contribution >= 0.6 is 0 Å². The summed E-state index contributed by atoms with van der Waals surface area (Å²) in [4.78, 5) is 0. The third-order valence-electron chi connectivity index (χ3n) is 1.47. The molecule has 0 fully saturated rings. The van der Waals surface area contributed by atoms with Crippen molar-refractivity contribution in [3.05, 3.63) is 42.0 Å². The van der Waals surface area contributed by atoms with Gasteiger partial charge < -0.3 is 4.74 Å². The Morgan fingerprint density at radius 1 is 1.50 bits per heavy atom. The Labute approximate surface area is 73.7 Å². The molecule has 0 amide bonds. The predicted octanol–water partition coefficient (Wildman–Crippen LogP) is 2.95. The Bertz CT molecular complexity index is 276. The molecule has 0 atom stereocenters. The van der Waals surface area contributed by atoms with Gasteiger partial charge >= 0.3 is 0 Å². The summed E-state index contributed by atoms with van der Waals surface area (Å²) >= 11 is 0. The van der Waals surface area contributed by atoms with Crippen molar-refractivity contribution >= 4 is 0 Å². The van der Waals surface area contributed by atoms with E-state index in [1.807, 2.05) is 38.1 Å². The molecule has 12 heavy (non-hydrogen) atoms. The van der Waals surface area contributed by atoms with Crippen LogP contribution in [0.3, 0.4) is 0 Å². The predicted molar refractivity (Wildman–Crippen MR) is 51.5 cm³/mol. The standard InChI is InChI=1S/C11H14O/c1-9(2)8-12-11-6-4-5-10(3)7-11/h4-7H,1,8H2,2-3H3. The molecule has 0 saturated heterocycles. The van der Waals surface area contributed by atoms with Crippen molar-refractivity contribution in [1.29, 1.82) is 0 Å². The largest absolute Gasteiger partial charge is 0.489 e. The van der Waals surface area contributed by atoms with Crippen LogP contribution in [-0.2, 0) is 0 Å². The number of benzene rings is 1. The summed E-state index contributed by atoms with van der Waals surface area (Å²) in [5, 5.41) is 0. The number of rotatable bonds is 3. The van der Waals surface area contributed by atoms with Gasteiger partial charge in [-0.1, -0.05) is 18.7 Å². The average Bonchev–Trinajstić information content (AvgIpc) is 2.01. The fourth-order valence-electron chi connectivity index (χ4n) is 0.912. The van der Waals surface area contributed by atoms with Crippen molar-refractivity contribution < 1.29 is 4.74 Å². The van der Waals surface area contributed by atoms with Gasteiger partial charge in [-0.3, -0.25) is 0 Å². The zero-order chi connectivity index (χ0) is 8.97. The number of aryl methyl sites for hydroxylation is 1. The third kappa shape index (κ3) is 2.79. The highest BCUT2D eigenvalue weighted by Gasteiger charge is 1.92.